The molecule has 3 rings (SSSR count). The Labute approximate surface area is 111 Å². The highest BCUT2D eigenvalue weighted by Crippen LogP contribution is 2.35. The fourth-order valence-corrected chi connectivity index (χ4v) is 3.98. The molecule has 0 atom stereocenters. The topological polar surface area (TPSA) is 38.7 Å². The van der Waals surface area contributed by atoms with Crippen LogP contribution in [0.25, 0.3) is 20.8 Å². The second-order valence-corrected chi connectivity index (χ2v) is 6.27. The molecular weight excluding hydrogens is 270 g/mol. The van der Waals surface area contributed by atoms with Crippen LogP contribution in [0.4, 0.5) is 0 Å². The molecule has 0 saturated carbocycles. The molecule has 0 spiro atoms. The second kappa shape index (κ2) is 4.72. The van der Waals surface area contributed by atoms with Crippen molar-refractivity contribution < 1.29 is 0 Å². The first kappa shape index (κ1) is 11.1. The first-order valence-electron chi connectivity index (χ1n) is 5.17. The first-order chi connectivity index (χ1) is 8.40. The van der Waals surface area contributed by atoms with Gasteiger partial charge in [0.05, 0.1) is 4.88 Å². The zero-order chi connectivity index (χ0) is 11.7. The van der Waals surface area contributed by atoms with Gasteiger partial charge in [0, 0.05) is 0 Å². The van der Waals surface area contributed by atoms with E-state index in [0.717, 1.165) is 26.7 Å². The van der Waals surface area contributed by atoms with Gasteiger partial charge in [-0.2, -0.15) is 4.37 Å². The number of aromatic nitrogens is 3. The third-order valence-electron chi connectivity index (χ3n) is 2.26. The number of hydrogen-bond acceptors (Lipinski definition) is 6. The molecule has 0 aliphatic heterocycles. The molecule has 17 heavy (non-hydrogen) atoms. The fraction of sp³-hybridized carbons (Fsp3) is 0.182. The molecule has 3 nitrogen and oxygen atoms in total. The molecule has 3 aromatic rings. The summed E-state index contributed by atoms with van der Waals surface area (Å²) in [6, 6.07) is 4.11. The van der Waals surface area contributed by atoms with Gasteiger partial charge in [-0.3, -0.25) is 0 Å². The molecule has 0 aromatic carbocycles. The van der Waals surface area contributed by atoms with Crippen molar-refractivity contribution in [1.82, 2.24) is 14.3 Å². The Hall–Kier alpha value is -0.980. The molecule has 0 aliphatic carbocycles. The highest BCUT2D eigenvalue weighted by molar-refractivity contribution is 7.99. The molecule has 0 bridgehead atoms. The Morgan fingerprint density at radius 2 is 2.29 bits per heavy atom. The van der Waals surface area contributed by atoms with Crippen LogP contribution in [-0.4, -0.2) is 20.1 Å². The predicted octanol–water partition coefficient (Wildman–Crippen LogP) is 3.93. The molecule has 0 aliphatic rings. The predicted molar refractivity (Wildman–Crippen MR) is 74.9 cm³/mol. The van der Waals surface area contributed by atoms with Crippen molar-refractivity contribution in [1.29, 1.82) is 0 Å². The van der Waals surface area contributed by atoms with Crippen LogP contribution in [0, 0.1) is 0 Å². The van der Waals surface area contributed by atoms with Crippen LogP contribution in [0.15, 0.2) is 28.9 Å². The number of hydrogen-bond donors (Lipinski definition) is 0. The van der Waals surface area contributed by atoms with Crippen LogP contribution in [0.1, 0.15) is 6.92 Å². The Bertz CT molecular complexity index is 631. The zero-order valence-electron chi connectivity index (χ0n) is 9.08. The lowest BCUT2D eigenvalue weighted by Crippen LogP contribution is -1.84. The number of nitrogens with zero attached hydrogens (tertiary/aromatic N) is 3. The van der Waals surface area contributed by atoms with Crippen molar-refractivity contribution in [2.24, 2.45) is 0 Å². The normalized spacial score (nSPS) is 11.1. The average Bonchev–Trinajstić information content (AvgIpc) is 2.97. The van der Waals surface area contributed by atoms with Crippen LogP contribution in [0.3, 0.4) is 0 Å². The first-order valence-corrected chi connectivity index (χ1v) is 7.81. The highest BCUT2D eigenvalue weighted by atomic mass is 32.2. The van der Waals surface area contributed by atoms with E-state index >= 15 is 0 Å². The third kappa shape index (κ3) is 1.96. The maximum atomic E-state index is 4.52. The summed E-state index contributed by atoms with van der Waals surface area (Å²) in [4.78, 5) is 9.86. The van der Waals surface area contributed by atoms with E-state index in [1.807, 2.05) is 6.07 Å². The van der Waals surface area contributed by atoms with E-state index in [1.165, 1.54) is 16.4 Å². The van der Waals surface area contributed by atoms with Crippen molar-refractivity contribution in [2.45, 2.75) is 11.9 Å². The average molecular weight is 279 g/mol. The highest BCUT2D eigenvalue weighted by Gasteiger charge is 2.14. The van der Waals surface area contributed by atoms with Gasteiger partial charge < -0.3 is 0 Å². The molecule has 0 saturated heterocycles. The summed E-state index contributed by atoms with van der Waals surface area (Å²) in [6.07, 6.45) is 1.63. The standard InChI is InChI=1S/C11H9N3S3/c1-2-15-11-10-9(12-6-13-11)8(14-17-10)7-4-3-5-16-7/h3-6H,2H2,1H3. The lowest BCUT2D eigenvalue weighted by molar-refractivity contribution is 1.11. The van der Waals surface area contributed by atoms with Crippen molar-refractivity contribution in [2.75, 3.05) is 5.75 Å². The minimum atomic E-state index is 0.975. The summed E-state index contributed by atoms with van der Waals surface area (Å²) >= 11 is 4.92. The molecule has 86 valence electrons. The van der Waals surface area contributed by atoms with Gasteiger partial charge in [-0.25, -0.2) is 9.97 Å². The van der Waals surface area contributed by atoms with Gasteiger partial charge in [0.25, 0.3) is 0 Å². The second-order valence-electron chi connectivity index (χ2n) is 3.30. The lowest BCUT2D eigenvalue weighted by Gasteiger charge is -1.97. The van der Waals surface area contributed by atoms with Crippen molar-refractivity contribution in [3.05, 3.63) is 23.8 Å². The van der Waals surface area contributed by atoms with Gasteiger partial charge in [-0.1, -0.05) is 13.0 Å². The van der Waals surface area contributed by atoms with Gasteiger partial charge >= 0.3 is 0 Å². The molecule has 0 fully saturated rings. The Morgan fingerprint density at radius 3 is 3.06 bits per heavy atom. The number of rotatable bonds is 3. The molecule has 0 unspecified atom stereocenters. The fourth-order valence-electron chi connectivity index (χ4n) is 1.56. The molecule has 3 aromatic heterocycles. The molecular formula is C11H9N3S3. The van der Waals surface area contributed by atoms with Gasteiger partial charge in [-0.15, -0.1) is 23.1 Å². The van der Waals surface area contributed by atoms with Crippen molar-refractivity contribution >= 4 is 44.8 Å². The van der Waals surface area contributed by atoms with Gasteiger partial charge in [0.1, 0.15) is 27.3 Å². The van der Waals surface area contributed by atoms with Gasteiger partial charge in [-0.05, 0) is 28.7 Å². The summed E-state index contributed by atoms with van der Waals surface area (Å²) in [7, 11) is 0. The molecule has 0 radical (unpaired) electrons. The lowest BCUT2D eigenvalue weighted by atomic mass is 10.3. The summed E-state index contributed by atoms with van der Waals surface area (Å²) in [5, 5.41) is 3.10. The zero-order valence-corrected chi connectivity index (χ0v) is 11.5. The number of fused-ring (bicyclic) bond motifs is 1. The monoisotopic (exact) mass is 279 g/mol. The van der Waals surface area contributed by atoms with E-state index in [0.29, 0.717) is 0 Å². The van der Waals surface area contributed by atoms with Gasteiger partial charge in [0.15, 0.2) is 0 Å². The van der Waals surface area contributed by atoms with Crippen LogP contribution in [-0.2, 0) is 0 Å². The van der Waals surface area contributed by atoms with E-state index in [9.17, 15) is 0 Å². The smallest absolute Gasteiger partial charge is 0.120 e. The number of thiophene rings is 1. The van der Waals surface area contributed by atoms with E-state index in [-0.39, 0.29) is 0 Å². The minimum Gasteiger partial charge on any atom is -0.233 e. The summed E-state index contributed by atoms with van der Waals surface area (Å²) in [5.74, 6) is 1.01. The quantitative estimate of drug-likeness (QED) is 0.538. The maximum Gasteiger partial charge on any atom is 0.120 e. The van der Waals surface area contributed by atoms with Crippen LogP contribution in [0.2, 0.25) is 0 Å². The molecule has 3 heterocycles. The van der Waals surface area contributed by atoms with E-state index < -0.39 is 0 Å². The summed E-state index contributed by atoms with van der Waals surface area (Å²) < 4.78 is 5.62. The van der Waals surface area contributed by atoms with Crippen molar-refractivity contribution in [3.8, 4) is 10.6 Å². The van der Waals surface area contributed by atoms with E-state index in [4.69, 9.17) is 0 Å². The van der Waals surface area contributed by atoms with Crippen LogP contribution >= 0.6 is 34.6 Å². The Morgan fingerprint density at radius 1 is 1.35 bits per heavy atom. The number of thioether (sulfide) groups is 1. The van der Waals surface area contributed by atoms with Crippen molar-refractivity contribution in [3.63, 3.8) is 0 Å². The van der Waals surface area contributed by atoms with E-state index in [2.05, 4.69) is 32.7 Å². The van der Waals surface area contributed by atoms with Crippen LogP contribution in [0.5, 0.6) is 0 Å². The van der Waals surface area contributed by atoms with Gasteiger partial charge in [0.2, 0.25) is 0 Å². The Balaban J connectivity index is 2.20. The largest absolute Gasteiger partial charge is 0.233 e. The third-order valence-corrected chi connectivity index (χ3v) is 4.98. The SMILES string of the molecule is CCSc1ncnc2c(-c3cccs3)nsc12. The molecule has 0 amide bonds. The summed E-state index contributed by atoms with van der Waals surface area (Å²) in [5.41, 5.74) is 1.96. The summed E-state index contributed by atoms with van der Waals surface area (Å²) in [6.45, 7) is 2.12. The Kier molecular flexibility index (Phi) is 3.09. The molecule has 0 N–H and O–H groups in total. The minimum absolute atomic E-state index is 0.975. The maximum absolute atomic E-state index is 4.52. The van der Waals surface area contributed by atoms with Crippen LogP contribution < -0.4 is 0 Å². The van der Waals surface area contributed by atoms with E-state index in [1.54, 1.807) is 29.4 Å². The molecule has 6 heteroatoms.